The zero-order chi connectivity index (χ0) is 22.0. The average Bonchev–Trinajstić information content (AvgIpc) is 2.76. The van der Waals surface area contributed by atoms with Gasteiger partial charge in [-0.1, -0.05) is 41.9 Å². The molecule has 0 radical (unpaired) electrons. The lowest BCUT2D eigenvalue weighted by Crippen LogP contribution is -2.27. The quantitative estimate of drug-likeness (QED) is 0.393. The summed E-state index contributed by atoms with van der Waals surface area (Å²) in [5, 5.41) is 0.410. The highest BCUT2D eigenvalue weighted by atomic mass is 35.5. The summed E-state index contributed by atoms with van der Waals surface area (Å²) in [4.78, 5) is 24.6. The van der Waals surface area contributed by atoms with Crippen molar-refractivity contribution in [2.24, 2.45) is 0 Å². The number of carbonyl (C=O) groups excluding carboxylic acids is 1. The molecule has 2 aromatic carbocycles. The van der Waals surface area contributed by atoms with Crippen LogP contribution >= 0.6 is 11.6 Å². The van der Waals surface area contributed by atoms with Gasteiger partial charge in [0.2, 0.25) is 6.23 Å². The van der Waals surface area contributed by atoms with E-state index >= 15 is 0 Å². The molecular formula is C24H22ClNO5. The van der Waals surface area contributed by atoms with Gasteiger partial charge >= 0.3 is 0 Å². The highest BCUT2D eigenvalue weighted by Gasteiger charge is 2.29. The Morgan fingerprint density at radius 1 is 1.16 bits per heavy atom. The fourth-order valence-corrected chi connectivity index (χ4v) is 3.79. The highest BCUT2D eigenvalue weighted by molar-refractivity contribution is 6.32. The van der Waals surface area contributed by atoms with Gasteiger partial charge in [-0.15, -0.1) is 0 Å². The van der Waals surface area contributed by atoms with Crippen LogP contribution in [0.25, 0.3) is 11.3 Å². The largest absolute Gasteiger partial charge is 0.492 e. The van der Waals surface area contributed by atoms with Gasteiger partial charge in [0.25, 0.3) is 0 Å². The van der Waals surface area contributed by atoms with Gasteiger partial charge in [0.05, 0.1) is 22.9 Å². The fourth-order valence-electron chi connectivity index (χ4n) is 3.58. The molecule has 1 aliphatic heterocycles. The Kier molecular flexibility index (Phi) is 6.11. The summed E-state index contributed by atoms with van der Waals surface area (Å²) in [7, 11) is 1.64. The molecule has 0 saturated heterocycles. The SMILES string of the molecule is COCCCOc1cc2c(cc1Cl)-c1cc(=O)c(C(C)=O)cn1C(c1ccccc1)O2. The van der Waals surface area contributed by atoms with Gasteiger partial charge in [-0.3, -0.25) is 9.59 Å². The normalized spacial score (nSPS) is 14.4. The molecule has 0 N–H and O–H groups in total. The Labute approximate surface area is 184 Å². The van der Waals surface area contributed by atoms with Crippen molar-refractivity contribution >= 4 is 17.4 Å². The molecule has 160 valence electrons. The lowest BCUT2D eigenvalue weighted by atomic mass is 10.0. The topological polar surface area (TPSA) is 66.8 Å². The van der Waals surface area contributed by atoms with E-state index in [-0.39, 0.29) is 16.8 Å². The molecule has 1 unspecified atom stereocenters. The number of Topliss-reactive ketones (excluding diaryl/α,β-unsaturated/α-hetero) is 1. The van der Waals surface area contributed by atoms with Crippen molar-refractivity contribution in [1.82, 2.24) is 4.57 Å². The monoisotopic (exact) mass is 439 g/mol. The maximum atomic E-state index is 12.6. The van der Waals surface area contributed by atoms with E-state index < -0.39 is 6.23 Å². The predicted molar refractivity (Wildman–Crippen MR) is 118 cm³/mol. The van der Waals surface area contributed by atoms with Crippen molar-refractivity contribution in [1.29, 1.82) is 0 Å². The number of pyridine rings is 1. The zero-order valence-corrected chi connectivity index (χ0v) is 18.0. The van der Waals surface area contributed by atoms with E-state index in [2.05, 4.69) is 0 Å². The van der Waals surface area contributed by atoms with Crippen molar-refractivity contribution in [2.45, 2.75) is 19.6 Å². The molecule has 7 heteroatoms. The third-order valence-corrected chi connectivity index (χ3v) is 5.39. The number of ketones is 1. The number of carbonyl (C=O) groups is 1. The number of methoxy groups -OCH3 is 1. The molecule has 0 saturated carbocycles. The van der Waals surface area contributed by atoms with E-state index in [1.54, 1.807) is 30.0 Å². The van der Waals surface area contributed by atoms with Gasteiger partial charge in [0, 0.05) is 49.6 Å². The van der Waals surface area contributed by atoms with Crippen molar-refractivity contribution < 1.29 is 19.0 Å². The van der Waals surface area contributed by atoms with Crippen molar-refractivity contribution in [3.8, 4) is 22.8 Å². The lowest BCUT2D eigenvalue weighted by molar-refractivity contribution is 0.101. The Hall–Kier alpha value is -3.09. The molecule has 1 aliphatic rings. The molecule has 4 rings (SSSR count). The third kappa shape index (κ3) is 4.22. The predicted octanol–water partition coefficient (Wildman–Crippen LogP) is 4.73. The smallest absolute Gasteiger partial charge is 0.202 e. The van der Waals surface area contributed by atoms with Crippen LogP contribution in [0, 0.1) is 0 Å². The molecule has 0 amide bonds. The number of fused-ring (bicyclic) bond motifs is 3. The first-order valence-corrected chi connectivity index (χ1v) is 10.3. The van der Waals surface area contributed by atoms with Crippen LogP contribution in [0.2, 0.25) is 5.02 Å². The number of ether oxygens (including phenoxy) is 3. The van der Waals surface area contributed by atoms with Gasteiger partial charge < -0.3 is 18.8 Å². The summed E-state index contributed by atoms with van der Waals surface area (Å²) in [5.41, 5.74) is 1.94. The molecule has 3 aromatic rings. The van der Waals surface area contributed by atoms with Crippen molar-refractivity contribution in [3.63, 3.8) is 0 Å². The first-order chi connectivity index (χ1) is 15.0. The molecule has 0 aliphatic carbocycles. The zero-order valence-electron chi connectivity index (χ0n) is 17.3. The Balaban J connectivity index is 1.83. The number of aromatic nitrogens is 1. The van der Waals surface area contributed by atoms with E-state index in [1.165, 1.54) is 13.0 Å². The molecule has 1 atom stereocenters. The Morgan fingerprint density at radius 3 is 2.65 bits per heavy atom. The molecule has 0 bridgehead atoms. The van der Waals surface area contributed by atoms with Crippen LogP contribution in [0.5, 0.6) is 11.5 Å². The molecule has 0 spiro atoms. The standard InChI is InChI=1S/C24H22ClNO5/c1-15(27)18-14-26-20(12-21(18)28)17-11-19(25)23(30-10-6-9-29-2)13-22(17)31-24(26)16-7-4-3-5-8-16/h3-5,7-8,11-14,24H,6,9-10H2,1-2H3. The van der Waals surface area contributed by atoms with E-state index in [0.717, 1.165) is 12.0 Å². The average molecular weight is 440 g/mol. The maximum absolute atomic E-state index is 12.6. The molecular weight excluding hydrogens is 418 g/mol. The molecule has 31 heavy (non-hydrogen) atoms. The minimum absolute atomic E-state index is 0.112. The van der Waals surface area contributed by atoms with Gasteiger partial charge in [-0.25, -0.2) is 0 Å². The summed E-state index contributed by atoms with van der Waals surface area (Å²) in [6, 6.07) is 14.5. The number of hydrogen-bond acceptors (Lipinski definition) is 5. The molecule has 0 fully saturated rings. The highest BCUT2D eigenvalue weighted by Crippen LogP contribution is 2.44. The second-order valence-electron chi connectivity index (χ2n) is 7.25. The molecule has 6 nitrogen and oxygen atoms in total. The van der Waals surface area contributed by atoms with Crippen molar-refractivity contribution in [2.75, 3.05) is 20.3 Å². The van der Waals surface area contributed by atoms with E-state index in [4.69, 9.17) is 25.8 Å². The van der Waals surface area contributed by atoms with Gasteiger partial charge in [0.1, 0.15) is 11.5 Å². The number of halogens is 1. The van der Waals surface area contributed by atoms with E-state index in [1.807, 2.05) is 30.3 Å². The van der Waals surface area contributed by atoms with Crippen LogP contribution in [0.4, 0.5) is 0 Å². The first kappa shape index (κ1) is 21.2. The second kappa shape index (κ2) is 8.96. The number of rotatable bonds is 7. The summed E-state index contributed by atoms with van der Waals surface area (Å²) in [6.07, 6.45) is 1.73. The Bertz CT molecular complexity index is 1170. The first-order valence-electron chi connectivity index (χ1n) is 9.94. The number of nitrogens with zero attached hydrogens (tertiary/aromatic N) is 1. The summed E-state index contributed by atoms with van der Waals surface area (Å²) < 4.78 is 19.0. The second-order valence-corrected chi connectivity index (χ2v) is 7.66. The van der Waals surface area contributed by atoms with Gasteiger partial charge in [-0.2, -0.15) is 0 Å². The summed E-state index contributed by atoms with van der Waals surface area (Å²) >= 11 is 6.46. The van der Waals surface area contributed by atoms with Gasteiger partial charge in [0.15, 0.2) is 11.2 Å². The minimum Gasteiger partial charge on any atom is -0.492 e. The van der Waals surface area contributed by atoms with Crippen LogP contribution in [0.3, 0.4) is 0 Å². The lowest BCUT2D eigenvalue weighted by Gasteiger charge is -2.32. The van der Waals surface area contributed by atoms with Crippen LogP contribution in [-0.4, -0.2) is 30.7 Å². The van der Waals surface area contributed by atoms with Crippen LogP contribution in [-0.2, 0) is 4.74 Å². The third-order valence-electron chi connectivity index (χ3n) is 5.10. The molecule has 2 heterocycles. The summed E-state index contributed by atoms with van der Waals surface area (Å²) in [6.45, 7) is 2.42. The fraction of sp³-hybridized carbons (Fsp3) is 0.250. The summed E-state index contributed by atoms with van der Waals surface area (Å²) in [5.74, 6) is 0.755. The van der Waals surface area contributed by atoms with Crippen molar-refractivity contribution in [3.05, 3.63) is 81.1 Å². The minimum atomic E-state index is -0.551. The molecule has 1 aromatic heterocycles. The van der Waals surface area contributed by atoms with Crippen LogP contribution < -0.4 is 14.9 Å². The van der Waals surface area contributed by atoms with Gasteiger partial charge in [-0.05, 0) is 13.0 Å². The van der Waals surface area contributed by atoms with Crippen LogP contribution in [0.1, 0.15) is 35.5 Å². The Morgan fingerprint density at radius 2 is 1.94 bits per heavy atom. The number of hydrogen-bond donors (Lipinski definition) is 0. The number of benzene rings is 2. The van der Waals surface area contributed by atoms with Crippen LogP contribution in [0.15, 0.2) is 59.5 Å². The maximum Gasteiger partial charge on any atom is 0.202 e. The van der Waals surface area contributed by atoms with E-state index in [0.29, 0.717) is 41.0 Å². The van der Waals surface area contributed by atoms with E-state index in [9.17, 15) is 9.59 Å².